The molecule has 0 aliphatic rings. The Morgan fingerprint density at radius 3 is 1.22 bits per heavy atom. The van der Waals surface area contributed by atoms with Crippen molar-refractivity contribution in [1.82, 2.24) is 5.32 Å². The van der Waals surface area contributed by atoms with Crippen LogP contribution in [0.1, 0.15) is 245 Å². The lowest BCUT2D eigenvalue weighted by Gasteiger charge is -2.21. The Bertz CT molecular complexity index is 840. The molecule has 0 aromatic carbocycles. The predicted octanol–water partition coefficient (Wildman–Crippen LogP) is 13.9. The topological polar surface area (TPSA) is 89.8 Å². The van der Waals surface area contributed by atoms with Gasteiger partial charge in [-0.3, -0.25) is 4.79 Å². The fourth-order valence-corrected chi connectivity index (χ4v) is 7.25. The van der Waals surface area contributed by atoms with Crippen LogP contribution in [0.25, 0.3) is 0 Å². The summed E-state index contributed by atoms with van der Waals surface area (Å²) in [5, 5.41) is 33.1. The summed E-state index contributed by atoms with van der Waals surface area (Å²) in [4.78, 5) is 12.4. The van der Waals surface area contributed by atoms with Gasteiger partial charge >= 0.3 is 0 Å². The first-order chi connectivity index (χ1) is 26.5. The molecule has 3 unspecified atom stereocenters. The number of carbonyl (C=O) groups excluding carboxylic acids is 1. The van der Waals surface area contributed by atoms with Crippen LogP contribution in [-0.4, -0.2) is 46.1 Å². The molecule has 0 heterocycles. The normalized spacial score (nSPS) is 13.8. The third kappa shape index (κ3) is 40.2. The molecular formula is C49H93NO4. The molecule has 1 amide bonds. The Balaban J connectivity index is 3.54. The Hall–Kier alpha value is -1.43. The minimum atomic E-state index is -0.926. The van der Waals surface area contributed by atoms with E-state index >= 15 is 0 Å². The highest BCUT2D eigenvalue weighted by Crippen LogP contribution is 2.16. The Morgan fingerprint density at radius 1 is 0.481 bits per heavy atom. The molecule has 4 N–H and O–H groups in total. The van der Waals surface area contributed by atoms with Gasteiger partial charge in [0, 0.05) is 0 Å². The monoisotopic (exact) mass is 760 g/mol. The molecule has 0 saturated heterocycles. The number of allylic oxidation sites excluding steroid dienone is 5. The predicted molar refractivity (Wildman–Crippen MR) is 236 cm³/mol. The van der Waals surface area contributed by atoms with Crippen molar-refractivity contribution in [3.8, 4) is 0 Å². The maximum Gasteiger partial charge on any atom is 0.222 e. The number of rotatable bonds is 43. The number of carbonyl (C=O) groups is 1. The average molecular weight is 760 g/mol. The number of unbranched alkanes of at least 4 members (excludes halogenated alkanes) is 30. The summed E-state index contributed by atoms with van der Waals surface area (Å²) in [6.07, 6.45) is 56.0. The number of hydrogen-bond acceptors (Lipinski definition) is 4. The summed E-state index contributed by atoms with van der Waals surface area (Å²) in [6, 6.07) is -0.742. The Labute approximate surface area is 336 Å². The first kappa shape index (κ1) is 52.6. The zero-order valence-electron chi connectivity index (χ0n) is 36.1. The lowest BCUT2D eigenvalue weighted by atomic mass is 10.0. The van der Waals surface area contributed by atoms with Crippen LogP contribution < -0.4 is 5.32 Å². The van der Waals surface area contributed by atoms with Gasteiger partial charge in [0.1, 0.15) is 0 Å². The van der Waals surface area contributed by atoms with E-state index in [9.17, 15) is 20.1 Å². The van der Waals surface area contributed by atoms with Crippen LogP contribution in [-0.2, 0) is 4.79 Å². The number of amides is 1. The molecule has 318 valence electrons. The smallest absolute Gasteiger partial charge is 0.222 e. The van der Waals surface area contributed by atoms with Gasteiger partial charge in [0.25, 0.3) is 0 Å². The van der Waals surface area contributed by atoms with Crippen molar-refractivity contribution < 1.29 is 20.1 Å². The maximum atomic E-state index is 12.4. The van der Waals surface area contributed by atoms with Crippen molar-refractivity contribution in [3.05, 3.63) is 36.5 Å². The summed E-state index contributed by atoms with van der Waals surface area (Å²) in [5.74, 6) is -0.317. The van der Waals surface area contributed by atoms with E-state index in [0.717, 1.165) is 32.1 Å². The zero-order valence-corrected chi connectivity index (χ0v) is 36.1. The zero-order chi connectivity index (χ0) is 39.4. The van der Waals surface area contributed by atoms with Gasteiger partial charge in [-0.2, -0.15) is 0 Å². The van der Waals surface area contributed by atoms with Crippen molar-refractivity contribution in [1.29, 1.82) is 0 Å². The van der Waals surface area contributed by atoms with Gasteiger partial charge in [0.15, 0.2) is 0 Å². The van der Waals surface area contributed by atoms with E-state index in [1.807, 2.05) is 6.08 Å². The largest absolute Gasteiger partial charge is 0.394 e. The molecule has 0 aliphatic carbocycles. The summed E-state index contributed by atoms with van der Waals surface area (Å²) in [5.41, 5.74) is 0. The van der Waals surface area contributed by atoms with Crippen LogP contribution in [0.3, 0.4) is 0 Å². The Morgan fingerprint density at radius 2 is 0.833 bits per heavy atom. The highest BCUT2D eigenvalue weighted by Gasteiger charge is 2.20. The van der Waals surface area contributed by atoms with Gasteiger partial charge in [0.2, 0.25) is 5.91 Å². The molecule has 0 bridgehead atoms. The SMILES string of the molecule is CCCCCCCCCC/C=C/C(O)C(CO)NC(=O)CC(O)CCCCCCCCCCCCCCC/C=C\C/C=C\CCCCCCCCCCC. The molecule has 0 aromatic heterocycles. The van der Waals surface area contributed by atoms with E-state index in [2.05, 4.69) is 43.5 Å². The fraction of sp³-hybridized carbons (Fsp3) is 0.857. The molecule has 0 rings (SSSR count). The summed E-state index contributed by atoms with van der Waals surface area (Å²) < 4.78 is 0. The van der Waals surface area contributed by atoms with Crippen molar-refractivity contribution >= 4 is 5.91 Å². The second-order valence-electron chi connectivity index (χ2n) is 16.4. The average Bonchev–Trinajstić information content (AvgIpc) is 3.16. The molecule has 5 nitrogen and oxygen atoms in total. The number of aliphatic hydroxyl groups is 3. The third-order valence-corrected chi connectivity index (χ3v) is 10.9. The highest BCUT2D eigenvalue weighted by molar-refractivity contribution is 5.76. The number of aliphatic hydroxyl groups excluding tert-OH is 3. The van der Waals surface area contributed by atoms with Crippen molar-refractivity contribution in [2.24, 2.45) is 0 Å². The van der Waals surface area contributed by atoms with Gasteiger partial charge in [-0.25, -0.2) is 0 Å². The van der Waals surface area contributed by atoms with Crippen molar-refractivity contribution in [2.75, 3.05) is 6.61 Å². The third-order valence-electron chi connectivity index (χ3n) is 10.9. The van der Waals surface area contributed by atoms with Gasteiger partial charge in [-0.15, -0.1) is 0 Å². The minimum Gasteiger partial charge on any atom is -0.394 e. The van der Waals surface area contributed by atoms with Crippen LogP contribution in [0.5, 0.6) is 0 Å². The second-order valence-corrected chi connectivity index (χ2v) is 16.4. The van der Waals surface area contributed by atoms with E-state index in [-0.39, 0.29) is 18.9 Å². The molecule has 54 heavy (non-hydrogen) atoms. The van der Waals surface area contributed by atoms with Crippen LogP contribution in [0.15, 0.2) is 36.5 Å². The molecule has 0 spiro atoms. The second kappa shape index (κ2) is 44.3. The van der Waals surface area contributed by atoms with Crippen LogP contribution in [0.2, 0.25) is 0 Å². The molecular weight excluding hydrogens is 667 g/mol. The first-order valence-corrected chi connectivity index (χ1v) is 23.8. The van der Waals surface area contributed by atoms with Gasteiger partial charge < -0.3 is 20.6 Å². The van der Waals surface area contributed by atoms with E-state index in [1.54, 1.807) is 6.08 Å². The minimum absolute atomic E-state index is 0.0135. The molecule has 0 radical (unpaired) electrons. The van der Waals surface area contributed by atoms with Crippen molar-refractivity contribution in [2.45, 2.75) is 263 Å². The van der Waals surface area contributed by atoms with E-state index in [4.69, 9.17) is 0 Å². The standard InChI is InChI=1S/C49H93NO4/c1-3-5-7-9-11-13-15-16-17-18-19-20-21-22-23-24-25-26-27-28-29-30-31-32-33-34-36-38-40-42-46(52)44-49(54)50-47(45-51)48(53)43-41-39-37-35-14-12-10-8-6-4-2/h19-20,22-23,41,43,46-48,51-53H,3-18,21,24-40,42,44-45H2,1-2H3,(H,50,54)/b20-19-,23-22-,43-41+. The van der Waals surface area contributed by atoms with E-state index in [0.29, 0.717) is 6.42 Å². The molecule has 3 atom stereocenters. The lowest BCUT2D eigenvalue weighted by molar-refractivity contribution is -0.124. The first-order valence-electron chi connectivity index (χ1n) is 23.8. The molecule has 5 heteroatoms. The van der Waals surface area contributed by atoms with Crippen LogP contribution in [0.4, 0.5) is 0 Å². The fourth-order valence-electron chi connectivity index (χ4n) is 7.25. The van der Waals surface area contributed by atoms with Gasteiger partial charge in [-0.05, 0) is 51.4 Å². The molecule has 0 saturated carbocycles. The van der Waals surface area contributed by atoms with Gasteiger partial charge in [-0.1, -0.05) is 224 Å². The van der Waals surface area contributed by atoms with Crippen LogP contribution in [0, 0.1) is 0 Å². The Kier molecular flexibility index (Phi) is 43.1. The molecule has 0 aromatic rings. The summed E-state index contributed by atoms with van der Waals surface area (Å²) in [6.45, 7) is 4.19. The lowest BCUT2D eigenvalue weighted by Crippen LogP contribution is -2.45. The maximum absolute atomic E-state index is 12.4. The van der Waals surface area contributed by atoms with Gasteiger partial charge in [0.05, 0.1) is 31.3 Å². The molecule has 0 fully saturated rings. The summed E-state index contributed by atoms with van der Waals surface area (Å²) >= 11 is 0. The summed E-state index contributed by atoms with van der Waals surface area (Å²) in [7, 11) is 0. The van der Waals surface area contributed by atoms with Crippen LogP contribution >= 0.6 is 0 Å². The van der Waals surface area contributed by atoms with Crippen molar-refractivity contribution in [3.63, 3.8) is 0 Å². The quantitative estimate of drug-likeness (QED) is 0.0368. The number of nitrogens with one attached hydrogen (secondary N) is 1. The van der Waals surface area contributed by atoms with E-state index < -0.39 is 18.2 Å². The number of hydrogen-bond donors (Lipinski definition) is 4. The highest BCUT2D eigenvalue weighted by atomic mass is 16.3. The van der Waals surface area contributed by atoms with E-state index in [1.165, 1.54) is 186 Å². The molecule has 0 aliphatic heterocycles.